The maximum atomic E-state index is 11.5. The van der Waals surface area contributed by atoms with E-state index < -0.39 is 5.38 Å². The molecule has 1 aliphatic rings. The van der Waals surface area contributed by atoms with Crippen LogP contribution in [0.5, 0.6) is 0 Å². The summed E-state index contributed by atoms with van der Waals surface area (Å²) in [6.07, 6.45) is 0. The molecule has 1 saturated heterocycles. The first-order valence-corrected chi connectivity index (χ1v) is 6.96. The van der Waals surface area contributed by atoms with Gasteiger partial charge in [-0.1, -0.05) is 11.6 Å². The number of halogens is 2. The van der Waals surface area contributed by atoms with Gasteiger partial charge in [0.05, 0.1) is 23.9 Å². The third-order valence-corrected chi connectivity index (χ3v) is 3.43. The van der Waals surface area contributed by atoms with Gasteiger partial charge in [-0.15, -0.1) is 11.6 Å². The number of nitrogens with zero attached hydrogens (tertiary/aromatic N) is 1. The van der Waals surface area contributed by atoms with Crippen molar-refractivity contribution in [2.24, 2.45) is 0 Å². The fourth-order valence-corrected chi connectivity index (χ4v) is 2.24. The topological polar surface area (TPSA) is 41.6 Å². The molecule has 1 fully saturated rings. The molecule has 2 rings (SSSR count). The first-order chi connectivity index (χ1) is 9.08. The molecule has 0 saturated carbocycles. The summed E-state index contributed by atoms with van der Waals surface area (Å²) < 4.78 is 5.31. The van der Waals surface area contributed by atoms with Gasteiger partial charge in [-0.2, -0.15) is 0 Å². The van der Waals surface area contributed by atoms with E-state index in [4.69, 9.17) is 27.9 Å². The molecule has 0 bridgehead atoms. The Morgan fingerprint density at radius 2 is 2.11 bits per heavy atom. The molecule has 1 aromatic carbocycles. The predicted octanol–water partition coefficient (Wildman–Crippen LogP) is 2.74. The molecule has 1 atom stereocenters. The van der Waals surface area contributed by atoms with Crippen LogP contribution in [-0.4, -0.2) is 37.6 Å². The molecule has 1 N–H and O–H groups in total. The summed E-state index contributed by atoms with van der Waals surface area (Å²) in [5.41, 5.74) is 1.61. The number of alkyl halides is 1. The minimum absolute atomic E-state index is 0.239. The van der Waals surface area contributed by atoms with Gasteiger partial charge in [-0.25, -0.2) is 0 Å². The van der Waals surface area contributed by atoms with Crippen molar-refractivity contribution < 1.29 is 9.53 Å². The normalized spacial score (nSPS) is 17.1. The van der Waals surface area contributed by atoms with E-state index in [1.807, 2.05) is 12.1 Å². The Bertz CT molecular complexity index is 460. The maximum absolute atomic E-state index is 11.5. The fourth-order valence-electron chi connectivity index (χ4n) is 1.89. The molecule has 0 spiro atoms. The second kappa shape index (κ2) is 6.46. The van der Waals surface area contributed by atoms with E-state index in [-0.39, 0.29) is 5.91 Å². The molecular formula is C13H16Cl2N2O2. The van der Waals surface area contributed by atoms with E-state index in [2.05, 4.69) is 10.2 Å². The summed E-state index contributed by atoms with van der Waals surface area (Å²) >= 11 is 12.0. The van der Waals surface area contributed by atoms with E-state index >= 15 is 0 Å². The zero-order valence-corrected chi connectivity index (χ0v) is 12.2. The number of nitrogens with one attached hydrogen (secondary N) is 1. The Hall–Kier alpha value is -0.970. The smallest absolute Gasteiger partial charge is 0.242 e. The zero-order valence-electron chi connectivity index (χ0n) is 10.7. The maximum Gasteiger partial charge on any atom is 0.242 e. The number of ether oxygens (including phenoxy) is 1. The van der Waals surface area contributed by atoms with Crippen molar-refractivity contribution >= 4 is 40.5 Å². The van der Waals surface area contributed by atoms with Crippen molar-refractivity contribution in [1.29, 1.82) is 0 Å². The van der Waals surface area contributed by atoms with E-state index in [9.17, 15) is 4.79 Å². The van der Waals surface area contributed by atoms with E-state index in [1.165, 1.54) is 0 Å². The molecule has 1 heterocycles. The Kier molecular flexibility index (Phi) is 4.91. The number of amides is 1. The molecule has 0 aliphatic carbocycles. The monoisotopic (exact) mass is 302 g/mol. The Labute approximate surface area is 122 Å². The number of anilines is 2. The summed E-state index contributed by atoms with van der Waals surface area (Å²) in [6.45, 7) is 4.69. The van der Waals surface area contributed by atoms with Crippen LogP contribution in [0.4, 0.5) is 11.4 Å². The number of hydrogen-bond acceptors (Lipinski definition) is 3. The second-order valence-electron chi connectivity index (χ2n) is 4.37. The average molecular weight is 303 g/mol. The number of benzene rings is 1. The highest BCUT2D eigenvalue weighted by Crippen LogP contribution is 2.29. The molecule has 0 unspecified atom stereocenters. The molecule has 0 aromatic heterocycles. The van der Waals surface area contributed by atoms with Gasteiger partial charge in [0.2, 0.25) is 5.91 Å². The molecule has 0 radical (unpaired) electrons. The molecule has 1 aromatic rings. The molecule has 6 heteroatoms. The van der Waals surface area contributed by atoms with Crippen molar-refractivity contribution in [3.05, 3.63) is 23.2 Å². The number of hydrogen-bond donors (Lipinski definition) is 1. The van der Waals surface area contributed by atoms with Crippen molar-refractivity contribution in [1.82, 2.24) is 0 Å². The van der Waals surface area contributed by atoms with Crippen LogP contribution in [0.15, 0.2) is 18.2 Å². The summed E-state index contributed by atoms with van der Waals surface area (Å²) in [4.78, 5) is 13.7. The third-order valence-electron chi connectivity index (χ3n) is 2.93. The molecular weight excluding hydrogens is 287 g/mol. The number of morpholine rings is 1. The molecule has 1 amide bonds. The minimum atomic E-state index is -0.572. The van der Waals surface area contributed by atoms with Gasteiger partial charge >= 0.3 is 0 Å². The van der Waals surface area contributed by atoms with Crippen LogP contribution in [0.25, 0.3) is 0 Å². The average Bonchev–Trinajstić information content (AvgIpc) is 2.39. The highest BCUT2D eigenvalue weighted by Gasteiger charge is 2.15. The van der Waals surface area contributed by atoms with Crippen LogP contribution >= 0.6 is 23.2 Å². The fraction of sp³-hybridized carbons (Fsp3) is 0.462. The summed E-state index contributed by atoms with van der Waals surface area (Å²) in [7, 11) is 0. The predicted molar refractivity (Wildman–Crippen MR) is 78.4 cm³/mol. The molecule has 1 aliphatic heterocycles. The van der Waals surface area contributed by atoms with E-state index in [1.54, 1.807) is 13.0 Å². The zero-order chi connectivity index (χ0) is 13.8. The SMILES string of the molecule is C[C@@H](Cl)C(=O)Nc1ccc(N2CCOCC2)c(Cl)c1. The molecule has 104 valence electrons. The van der Waals surface area contributed by atoms with Crippen LogP contribution < -0.4 is 10.2 Å². The molecule has 19 heavy (non-hydrogen) atoms. The standard InChI is InChI=1S/C13H16Cl2N2O2/c1-9(14)13(18)16-10-2-3-12(11(15)8-10)17-4-6-19-7-5-17/h2-3,8-9H,4-7H2,1H3,(H,16,18)/t9-/m1/s1. The quantitative estimate of drug-likeness (QED) is 0.873. The Morgan fingerprint density at radius 3 is 2.68 bits per heavy atom. The van der Waals surface area contributed by atoms with Crippen molar-refractivity contribution in [3.8, 4) is 0 Å². The Balaban J connectivity index is 2.10. The van der Waals surface area contributed by atoms with Crippen LogP contribution in [0, 0.1) is 0 Å². The van der Waals surface area contributed by atoms with E-state index in [0.29, 0.717) is 23.9 Å². The first kappa shape index (κ1) is 14.4. The minimum Gasteiger partial charge on any atom is -0.378 e. The van der Waals surface area contributed by atoms with E-state index in [0.717, 1.165) is 18.8 Å². The summed E-state index contributed by atoms with van der Waals surface area (Å²) in [5.74, 6) is -0.239. The largest absolute Gasteiger partial charge is 0.378 e. The number of rotatable bonds is 3. The first-order valence-electron chi connectivity index (χ1n) is 6.15. The second-order valence-corrected chi connectivity index (χ2v) is 5.43. The Morgan fingerprint density at radius 1 is 1.42 bits per heavy atom. The van der Waals surface area contributed by atoms with Crippen LogP contribution in [-0.2, 0) is 9.53 Å². The van der Waals surface area contributed by atoms with Crippen LogP contribution in [0.3, 0.4) is 0 Å². The highest BCUT2D eigenvalue weighted by molar-refractivity contribution is 6.34. The lowest BCUT2D eigenvalue weighted by atomic mass is 10.2. The number of carbonyl (C=O) groups excluding carboxylic acids is 1. The lowest BCUT2D eigenvalue weighted by Gasteiger charge is -2.29. The van der Waals surface area contributed by atoms with Crippen molar-refractivity contribution in [2.45, 2.75) is 12.3 Å². The lowest BCUT2D eigenvalue weighted by molar-refractivity contribution is -0.115. The lowest BCUT2D eigenvalue weighted by Crippen LogP contribution is -2.36. The van der Waals surface area contributed by atoms with Gasteiger partial charge < -0.3 is 15.0 Å². The van der Waals surface area contributed by atoms with Crippen molar-refractivity contribution in [2.75, 3.05) is 36.5 Å². The van der Waals surface area contributed by atoms with Crippen LogP contribution in [0.1, 0.15) is 6.92 Å². The molecule has 4 nitrogen and oxygen atoms in total. The summed E-state index contributed by atoms with van der Waals surface area (Å²) in [6, 6.07) is 5.47. The number of carbonyl (C=O) groups is 1. The van der Waals surface area contributed by atoms with Crippen molar-refractivity contribution in [3.63, 3.8) is 0 Å². The van der Waals surface area contributed by atoms with Gasteiger partial charge in [-0.05, 0) is 25.1 Å². The highest BCUT2D eigenvalue weighted by atomic mass is 35.5. The van der Waals surface area contributed by atoms with Gasteiger partial charge in [-0.3, -0.25) is 4.79 Å². The van der Waals surface area contributed by atoms with Gasteiger partial charge in [0.15, 0.2) is 0 Å². The van der Waals surface area contributed by atoms with Gasteiger partial charge in [0, 0.05) is 18.8 Å². The van der Waals surface area contributed by atoms with Crippen LogP contribution in [0.2, 0.25) is 5.02 Å². The third kappa shape index (κ3) is 3.75. The van der Waals surface area contributed by atoms with Gasteiger partial charge in [0.1, 0.15) is 5.38 Å². The summed E-state index contributed by atoms with van der Waals surface area (Å²) in [5, 5.41) is 2.76. The van der Waals surface area contributed by atoms with Gasteiger partial charge in [0.25, 0.3) is 0 Å².